The lowest BCUT2D eigenvalue weighted by atomic mass is 10.3. The van der Waals surface area contributed by atoms with Crippen LogP contribution in [0.3, 0.4) is 0 Å². The smallest absolute Gasteiger partial charge is 0.360 e. The number of pyridine rings is 1. The Morgan fingerprint density at radius 2 is 2.04 bits per heavy atom. The van der Waals surface area contributed by atoms with Crippen molar-refractivity contribution >= 4 is 35.1 Å². The van der Waals surface area contributed by atoms with Gasteiger partial charge in [0.25, 0.3) is 0 Å². The molecule has 0 atom stereocenters. The second-order valence-electron chi connectivity index (χ2n) is 4.75. The fraction of sp³-hybridized carbons (Fsp3) is 0.308. The molecule has 2 rings (SSSR count). The maximum Gasteiger partial charge on any atom is 0.360 e. The van der Waals surface area contributed by atoms with Crippen molar-refractivity contribution in [3.05, 3.63) is 39.9 Å². The molecule has 2 aromatic rings. The van der Waals surface area contributed by atoms with Gasteiger partial charge in [0.15, 0.2) is 5.69 Å². The fourth-order valence-corrected chi connectivity index (χ4v) is 1.91. The van der Waals surface area contributed by atoms with Crippen molar-refractivity contribution in [1.82, 2.24) is 24.9 Å². The van der Waals surface area contributed by atoms with E-state index in [1.165, 1.54) is 15.8 Å². The molecule has 0 spiro atoms. The zero-order valence-electron chi connectivity index (χ0n) is 12.4. The molecule has 1 amide bonds. The molecular formula is C13H13Cl2N5O3. The highest BCUT2D eigenvalue weighted by Gasteiger charge is 2.15. The van der Waals surface area contributed by atoms with E-state index in [1.807, 2.05) is 0 Å². The van der Waals surface area contributed by atoms with Gasteiger partial charge < -0.3 is 9.64 Å². The topological polar surface area (TPSA) is 90.2 Å². The SMILES string of the molecule is CN(C)C(=O)Cn1cc(C(=O)OCc2ccc(Cl)nc2Cl)nn1. The summed E-state index contributed by atoms with van der Waals surface area (Å²) in [4.78, 5) is 28.7. The van der Waals surface area contributed by atoms with Gasteiger partial charge in [-0.2, -0.15) is 0 Å². The number of halogens is 2. The maximum absolute atomic E-state index is 11.9. The van der Waals surface area contributed by atoms with E-state index in [1.54, 1.807) is 26.2 Å². The molecule has 2 heterocycles. The van der Waals surface area contributed by atoms with E-state index in [9.17, 15) is 9.59 Å². The summed E-state index contributed by atoms with van der Waals surface area (Å²) in [5.74, 6) is -0.853. The summed E-state index contributed by atoms with van der Waals surface area (Å²) in [5, 5.41) is 7.79. The van der Waals surface area contributed by atoms with Crippen LogP contribution in [-0.2, 0) is 22.7 Å². The highest BCUT2D eigenvalue weighted by molar-refractivity contribution is 6.32. The summed E-state index contributed by atoms with van der Waals surface area (Å²) in [6.45, 7) is -0.0917. The van der Waals surface area contributed by atoms with Gasteiger partial charge in [0.1, 0.15) is 23.5 Å². The quantitative estimate of drug-likeness (QED) is 0.593. The number of aromatic nitrogens is 4. The van der Waals surface area contributed by atoms with Crippen LogP contribution in [0.15, 0.2) is 18.3 Å². The molecule has 0 saturated carbocycles. The van der Waals surface area contributed by atoms with E-state index < -0.39 is 5.97 Å². The molecule has 0 aliphatic heterocycles. The lowest BCUT2D eigenvalue weighted by Crippen LogP contribution is -2.26. The van der Waals surface area contributed by atoms with Crippen molar-refractivity contribution in [3.8, 4) is 0 Å². The van der Waals surface area contributed by atoms with Crippen LogP contribution in [0.25, 0.3) is 0 Å². The Morgan fingerprint density at radius 1 is 1.30 bits per heavy atom. The molecule has 8 nitrogen and oxygen atoms in total. The Balaban J connectivity index is 1.96. The second kappa shape index (κ2) is 7.38. The fourth-order valence-electron chi connectivity index (χ4n) is 1.52. The maximum atomic E-state index is 11.9. The number of likely N-dealkylation sites (N-methyl/N-ethyl adjacent to an activating group) is 1. The lowest BCUT2D eigenvalue weighted by molar-refractivity contribution is -0.129. The molecule has 0 bridgehead atoms. The zero-order chi connectivity index (χ0) is 17.0. The molecule has 0 unspecified atom stereocenters. The first kappa shape index (κ1) is 17.2. The van der Waals surface area contributed by atoms with Gasteiger partial charge in [-0.3, -0.25) is 4.79 Å². The van der Waals surface area contributed by atoms with E-state index in [4.69, 9.17) is 27.9 Å². The zero-order valence-corrected chi connectivity index (χ0v) is 13.9. The van der Waals surface area contributed by atoms with Crippen molar-refractivity contribution in [2.75, 3.05) is 14.1 Å². The summed E-state index contributed by atoms with van der Waals surface area (Å²) < 4.78 is 6.34. The van der Waals surface area contributed by atoms with E-state index in [0.29, 0.717) is 5.56 Å². The Kier molecular flexibility index (Phi) is 5.51. The number of esters is 1. The summed E-state index contributed by atoms with van der Waals surface area (Å²) in [5.41, 5.74) is 0.509. The number of carbonyl (C=O) groups excluding carboxylic acids is 2. The molecule has 0 fully saturated rings. The summed E-state index contributed by atoms with van der Waals surface area (Å²) in [6.07, 6.45) is 1.34. The minimum absolute atomic E-state index is 0.00500. The molecule has 0 aliphatic carbocycles. The lowest BCUT2D eigenvalue weighted by Gasteiger charge is -2.08. The van der Waals surface area contributed by atoms with Gasteiger partial charge >= 0.3 is 5.97 Å². The summed E-state index contributed by atoms with van der Waals surface area (Å²) >= 11 is 11.6. The van der Waals surface area contributed by atoms with Crippen molar-refractivity contribution < 1.29 is 14.3 Å². The first-order valence-corrected chi connectivity index (χ1v) is 7.20. The number of nitrogens with zero attached hydrogens (tertiary/aromatic N) is 5. The van der Waals surface area contributed by atoms with E-state index in [2.05, 4.69) is 15.3 Å². The Bertz CT molecular complexity index is 732. The van der Waals surface area contributed by atoms with Crippen molar-refractivity contribution in [2.24, 2.45) is 0 Å². The monoisotopic (exact) mass is 357 g/mol. The average Bonchev–Trinajstić information content (AvgIpc) is 2.94. The van der Waals surface area contributed by atoms with Crippen LogP contribution in [0.4, 0.5) is 0 Å². The van der Waals surface area contributed by atoms with Crippen molar-refractivity contribution in [1.29, 1.82) is 0 Å². The number of rotatable bonds is 5. The summed E-state index contributed by atoms with van der Waals surface area (Å²) in [7, 11) is 3.25. The largest absolute Gasteiger partial charge is 0.456 e. The number of carbonyl (C=O) groups is 2. The molecule has 2 aromatic heterocycles. The van der Waals surface area contributed by atoms with Crippen molar-refractivity contribution in [2.45, 2.75) is 13.2 Å². The van der Waals surface area contributed by atoms with Crippen LogP contribution < -0.4 is 0 Å². The molecule has 122 valence electrons. The molecule has 23 heavy (non-hydrogen) atoms. The minimum atomic E-state index is -0.681. The molecule has 0 radical (unpaired) electrons. The first-order chi connectivity index (χ1) is 10.9. The normalized spacial score (nSPS) is 10.4. The van der Waals surface area contributed by atoms with Gasteiger partial charge in [-0.1, -0.05) is 28.4 Å². The third-order valence-corrected chi connectivity index (χ3v) is 3.33. The molecule has 10 heteroatoms. The second-order valence-corrected chi connectivity index (χ2v) is 5.49. The van der Waals surface area contributed by atoms with Gasteiger partial charge in [-0.25, -0.2) is 14.5 Å². The van der Waals surface area contributed by atoms with Gasteiger partial charge in [0, 0.05) is 19.7 Å². The van der Waals surface area contributed by atoms with Crippen LogP contribution in [0.1, 0.15) is 16.1 Å². The van der Waals surface area contributed by atoms with Gasteiger partial charge in [0.05, 0.1) is 6.20 Å². The number of hydrogen-bond acceptors (Lipinski definition) is 6. The molecule has 0 aromatic carbocycles. The van der Waals surface area contributed by atoms with E-state index in [-0.39, 0.29) is 35.1 Å². The van der Waals surface area contributed by atoms with Crippen LogP contribution in [0.2, 0.25) is 10.3 Å². The predicted octanol–water partition coefficient (Wildman–Crippen LogP) is 1.43. The molecular weight excluding hydrogens is 345 g/mol. The van der Waals surface area contributed by atoms with Crippen LogP contribution in [0, 0.1) is 0 Å². The van der Waals surface area contributed by atoms with E-state index in [0.717, 1.165) is 0 Å². The third-order valence-electron chi connectivity index (χ3n) is 2.79. The van der Waals surface area contributed by atoms with Crippen LogP contribution in [-0.4, -0.2) is 50.8 Å². The van der Waals surface area contributed by atoms with Crippen molar-refractivity contribution in [3.63, 3.8) is 0 Å². The van der Waals surface area contributed by atoms with Gasteiger partial charge in [-0.15, -0.1) is 5.10 Å². The Morgan fingerprint density at radius 3 is 2.70 bits per heavy atom. The van der Waals surface area contributed by atoms with Crippen LogP contribution >= 0.6 is 23.2 Å². The number of ether oxygens (including phenoxy) is 1. The average molecular weight is 358 g/mol. The summed E-state index contributed by atoms with van der Waals surface area (Å²) in [6, 6.07) is 3.15. The number of hydrogen-bond donors (Lipinski definition) is 0. The molecule has 0 saturated heterocycles. The highest BCUT2D eigenvalue weighted by Crippen LogP contribution is 2.17. The highest BCUT2D eigenvalue weighted by atomic mass is 35.5. The van der Waals surface area contributed by atoms with Gasteiger partial charge in [-0.05, 0) is 12.1 Å². The first-order valence-electron chi connectivity index (χ1n) is 6.45. The van der Waals surface area contributed by atoms with Gasteiger partial charge in [0.2, 0.25) is 5.91 Å². The predicted molar refractivity (Wildman–Crippen MR) is 82.1 cm³/mol. The van der Waals surface area contributed by atoms with E-state index >= 15 is 0 Å². The Labute approximate surface area is 141 Å². The Hall–Kier alpha value is -2.19. The third kappa shape index (κ3) is 4.64. The molecule has 0 N–H and O–H groups in total. The number of amides is 1. The standard InChI is InChI=1S/C13H13Cl2N5O3/c1-19(2)11(21)6-20-5-9(17-18-20)13(22)23-7-8-3-4-10(14)16-12(8)15/h3-5H,6-7H2,1-2H3. The molecule has 0 aliphatic rings. The van der Waals surface area contributed by atoms with Crippen LogP contribution in [0.5, 0.6) is 0 Å². The minimum Gasteiger partial charge on any atom is -0.456 e.